The number of imidazole rings is 1. The van der Waals surface area contributed by atoms with E-state index in [0.29, 0.717) is 23.4 Å². The highest BCUT2D eigenvalue weighted by molar-refractivity contribution is 7.14. The zero-order chi connectivity index (χ0) is 24.9. The second-order valence-electron chi connectivity index (χ2n) is 7.57. The van der Waals surface area contributed by atoms with Gasteiger partial charge < -0.3 is 10.6 Å². The first-order valence-electron chi connectivity index (χ1n) is 10.8. The van der Waals surface area contributed by atoms with Gasteiger partial charge in [-0.2, -0.15) is 0 Å². The molecule has 0 aliphatic carbocycles. The Morgan fingerprint density at radius 1 is 1.14 bits per heavy atom. The molecule has 0 fully saturated rings. The van der Waals surface area contributed by atoms with Gasteiger partial charge in [-0.3, -0.25) is 19.5 Å². The van der Waals surface area contributed by atoms with Gasteiger partial charge in [0.05, 0.1) is 26.5 Å². The fourth-order valence-corrected chi connectivity index (χ4v) is 4.28. The first-order valence-corrected chi connectivity index (χ1v) is 11.7. The van der Waals surface area contributed by atoms with Gasteiger partial charge in [-0.1, -0.05) is 25.6 Å². The molecule has 0 atom stereocenters. The smallest absolute Gasteiger partial charge is 0.272 e. The molecular weight excluding hydrogens is 472 g/mol. The number of halogens is 2. The number of carbonyl (C=O) groups excluding carboxylic acids is 2. The Balaban J connectivity index is 1.77. The van der Waals surface area contributed by atoms with Crippen LogP contribution in [0.25, 0.3) is 16.7 Å². The number of hydrogen-bond donors (Lipinski definition) is 3. The first-order chi connectivity index (χ1) is 16.9. The van der Waals surface area contributed by atoms with Crippen LogP contribution in [0.2, 0.25) is 0 Å². The first kappa shape index (κ1) is 24.2. The number of nitrogens with zero attached hydrogens (tertiary/aromatic N) is 2. The third-order valence-corrected chi connectivity index (χ3v) is 6.24. The van der Waals surface area contributed by atoms with Crippen LogP contribution < -0.4 is 16.0 Å². The van der Waals surface area contributed by atoms with Crippen LogP contribution in [0.15, 0.2) is 67.3 Å². The summed E-state index contributed by atoms with van der Waals surface area (Å²) in [5, 5.41) is 8.74. The van der Waals surface area contributed by atoms with Crippen LogP contribution in [-0.4, -0.2) is 27.9 Å². The van der Waals surface area contributed by atoms with Crippen molar-refractivity contribution < 1.29 is 18.4 Å². The summed E-state index contributed by atoms with van der Waals surface area (Å²) < 4.78 is 27.7. The average Bonchev–Trinajstić information content (AvgIpc) is 3.48. The number of hydrogen-bond acceptors (Lipinski definition) is 5. The molecule has 0 saturated heterocycles. The molecule has 0 aliphatic rings. The summed E-state index contributed by atoms with van der Waals surface area (Å²) in [6.45, 7) is 6.96. The van der Waals surface area contributed by atoms with E-state index in [2.05, 4.69) is 27.5 Å². The summed E-state index contributed by atoms with van der Waals surface area (Å²) in [5.74, 6) is -0.668. The van der Waals surface area contributed by atoms with Gasteiger partial charge in [0, 0.05) is 12.2 Å². The third kappa shape index (κ3) is 5.44. The van der Waals surface area contributed by atoms with Crippen molar-refractivity contribution in [2.75, 3.05) is 17.2 Å². The highest BCUT2D eigenvalue weighted by Gasteiger charge is 2.19. The van der Waals surface area contributed by atoms with Crippen LogP contribution in [0.3, 0.4) is 0 Å². The minimum absolute atomic E-state index is 0.152. The molecule has 2 aromatic heterocycles. The summed E-state index contributed by atoms with van der Waals surface area (Å²) in [6, 6.07) is 15.4. The highest BCUT2D eigenvalue weighted by atomic mass is 32.1. The molecule has 2 aromatic carbocycles. The molecule has 2 heterocycles. The topological polar surface area (TPSA) is 88.1 Å². The molecule has 0 spiro atoms. The molecule has 35 heavy (non-hydrogen) atoms. The lowest BCUT2D eigenvalue weighted by molar-refractivity contribution is -0.111. The van der Waals surface area contributed by atoms with Crippen molar-refractivity contribution >= 4 is 45.8 Å². The van der Waals surface area contributed by atoms with Crippen molar-refractivity contribution in [2.45, 2.75) is 19.9 Å². The van der Waals surface area contributed by atoms with Crippen LogP contribution in [0.1, 0.15) is 33.5 Å². The maximum Gasteiger partial charge on any atom is 0.272 e. The van der Waals surface area contributed by atoms with Crippen molar-refractivity contribution in [3.05, 3.63) is 82.6 Å². The molecule has 180 valence electrons. The summed E-state index contributed by atoms with van der Waals surface area (Å²) in [6.07, 6.45) is -1.47. The summed E-state index contributed by atoms with van der Waals surface area (Å²) >= 11 is 0.736. The van der Waals surface area contributed by atoms with E-state index < -0.39 is 12.3 Å². The quantitative estimate of drug-likeness (QED) is 0.267. The van der Waals surface area contributed by atoms with Crippen molar-refractivity contribution in [1.29, 1.82) is 0 Å². The largest absolute Gasteiger partial charge is 0.322 e. The molecule has 2 amide bonds. The molecule has 3 N–H and O–H groups in total. The number of benzene rings is 2. The van der Waals surface area contributed by atoms with E-state index in [-0.39, 0.29) is 21.6 Å². The van der Waals surface area contributed by atoms with E-state index in [1.807, 2.05) is 31.2 Å². The molecule has 4 rings (SSSR count). The Morgan fingerprint density at radius 2 is 1.97 bits per heavy atom. The molecule has 4 aromatic rings. The fraction of sp³-hybridized carbons (Fsp3) is 0.160. The van der Waals surface area contributed by atoms with Crippen LogP contribution in [-0.2, 0) is 11.3 Å². The molecule has 10 heteroatoms. The highest BCUT2D eigenvalue weighted by Crippen LogP contribution is 2.30. The van der Waals surface area contributed by atoms with E-state index >= 15 is 0 Å². The number of nitrogens with one attached hydrogen (secondary N) is 3. The van der Waals surface area contributed by atoms with E-state index in [4.69, 9.17) is 0 Å². The van der Waals surface area contributed by atoms with E-state index in [0.717, 1.165) is 29.0 Å². The van der Waals surface area contributed by atoms with E-state index in [9.17, 15) is 18.4 Å². The van der Waals surface area contributed by atoms with Gasteiger partial charge in [0.25, 0.3) is 12.3 Å². The minimum Gasteiger partial charge on any atom is -0.322 e. The monoisotopic (exact) mass is 495 g/mol. The second-order valence-corrected chi connectivity index (χ2v) is 8.69. The molecule has 0 saturated carbocycles. The number of amides is 2. The van der Waals surface area contributed by atoms with Gasteiger partial charge >= 0.3 is 0 Å². The molecule has 7 nitrogen and oxygen atoms in total. The Bertz CT molecular complexity index is 1400. The Morgan fingerprint density at radius 3 is 2.69 bits per heavy atom. The van der Waals surface area contributed by atoms with E-state index in [1.165, 1.54) is 18.2 Å². The van der Waals surface area contributed by atoms with Gasteiger partial charge in [-0.05, 0) is 60.6 Å². The van der Waals surface area contributed by atoms with Crippen molar-refractivity contribution in [3.8, 4) is 5.69 Å². The zero-order valence-electron chi connectivity index (χ0n) is 18.8. The lowest BCUT2D eigenvalue weighted by Crippen LogP contribution is -2.14. The molecular formula is C25H23F2N5O2S. The predicted octanol–water partition coefficient (Wildman–Crippen LogP) is 5.51. The number of carbonyl (C=O) groups is 2. The standard InChI is InChI=1S/C25H23F2N5O2S/c1-3-22(33)29-16-6-5-7-17(13-16)32-19-9-8-15(14-28-4-2)12-18(19)30-25(32)31-24(34)21-11-10-20(35-21)23(26)27/h3,5-13,23,28H,1,4,14H2,2H3,(H,29,33)(H,30,31,34). The third-order valence-electron chi connectivity index (χ3n) is 5.15. The number of rotatable bonds is 9. The predicted molar refractivity (Wildman–Crippen MR) is 135 cm³/mol. The Labute approximate surface area is 204 Å². The number of fused-ring (bicyclic) bond motifs is 1. The maximum atomic E-state index is 13.0. The number of aromatic nitrogens is 2. The van der Waals surface area contributed by atoms with Gasteiger partial charge in [0.1, 0.15) is 0 Å². The normalized spacial score (nSPS) is 11.1. The number of alkyl halides is 2. The van der Waals surface area contributed by atoms with Gasteiger partial charge in [-0.25, -0.2) is 13.8 Å². The van der Waals surface area contributed by atoms with Crippen molar-refractivity contribution in [3.63, 3.8) is 0 Å². The van der Waals surface area contributed by atoms with Gasteiger partial charge in [0.2, 0.25) is 11.9 Å². The maximum absolute atomic E-state index is 13.0. The van der Waals surface area contributed by atoms with Crippen LogP contribution in [0, 0.1) is 0 Å². The van der Waals surface area contributed by atoms with E-state index in [1.54, 1.807) is 22.8 Å². The molecule has 0 radical (unpaired) electrons. The molecule has 0 unspecified atom stereocenters. The molecule has 0 aliphatic heterocycles. The molecule has 0 bridgehead atoms. The lowest BCUT2D eigenvalue weighted by atomic mass is 10.2. The average molecular weight is 496 g/mol. The van der Waals surface area contributed by atoms with Gasteiger partial charge in [0.15, 0.2) is 0 Å². The van der Waals surface area contributed by atoms with Crippen molar-refractivity contribution in [1.82, 2.24) is 14.9 Å². The van der Waals surface area contributed by atoms with Crippen LogP contribution in [0.5, 0.6) is 0 Å². The summed E-state index contributed by atoms with van der Waals surface area (Å²) in [4.78, 5) is 29.3. The number of thiophene rings is 1. The SMILES string of the molecule is C=CC(=O)Nc1cccc(-n2c(NC(=O)c3ccc(C(F)F)s3)nc3cc(CNCC)ccc32)c1. The van der Waals surface area contributed by atoms with Crippen molar-refractivity contribution in [2.24, 2.45) is 0 Å². The number of anilines is 2. The summed E-state index contributed by atoms with van der Waals surface area (Å²) in [7, 11) is 0. The van der Waals surface area contributed by atoms with Crippen LogP contribution >= 0.6 is 11.3 Å². The Kier molecular flexibility index (Phi) is 7.33. The van der Waals surface area contributed by atoms with Gasteiger partial charge in [-0.15, -0.1) is 11.3 Å². The lowest BCUT2D eigenvalue weighted by Gasteiger charge is -2.12. The van der Waals surface area contributed by atoms with Crippen LogP contribution in [0.4, 0.5) is 20.4 Å². The zero-order valence-corrected chi connectivity index (χ0v) is 19.7. The second kappa shape index (κ2) is 10.6. The Hall–Kier alpha value is -3.89. The minimum atomic E-state index is -2.64. The summed E-state index contributed by atoms with van der Waals surface area (Å²) in [5.41, 5.74) is 3.58. The fourth-order valence-electron chi connectivity index (χ4n) is 3.52.